The van der Waals surface area contributed by atoms with Crippen molar-refractivity contribution in [2.45, 2.75) is 30.9 Å². The Morgan fingerprint density at radius 1 is 1.29 bits per heavy atom. The normalized spacial score (nSPS) is 15.5. The van der Waals surface area contributed by atoms with E-state index in [0.717, 1.165) is 0 Å². The van der Waals surface area contributed by atoms with E-state index in [-0.39, 0.29) is 11.8 Å². The molecule has 2 atom stereocenters. The first kappa shape index (κ1) is 14.5. The van der Waals surface area contributed by atoms with Gasteiger partial charge in [-0.25, -0.2) is 8.42 Å². The standard InChI is InChI=1S/C12H18ClNO2S/c1-9(14-3)10(2)17(15,16)8-11-6-4-5-7-12(11)13/h4-7,9-10,14H,8H2,1-3H3. The molecule has 17 heavy (non-hydrogen) atoms. The fraction of sp³-hybridized carbons (Fsp3) is 0.500. The van der Waals surface area contributed by atoms with Crippen LogP contribution < -0.4 is 5.32 Å². The van der Waals surface area contributed by atoms with Crippen LogP contribution in [0.15, 0.2) is 24.3 Å². The molecule has 5 heteroatoms. The van der Waals surface area contributed by atoms with Gasteiger partial charge in [0.2, 0.25) is 0 Å². The molecule has 0 aromatic heterocycles. The van der Waals surface area contributed by atoms with Crippen LogP contribution in [-0.2, 0) is 15.6 Å². The van der Waals surface area contributed by atoms with Gasteiger partial charge in [0, 0.05) is 11.1 Å². The third-order valence-electron chi connectivity index (χ3n) is 3.04. The van der Waals surface area contributed by atoms with Crippen molar-refractivity contribution in [1.82, 2.24) is 5.32 Å². The molecule has 3 nitrogen and oxygen atoms in total. The van der Waals surface area contributed by atoms with Crippen molar-refractivity contribution in [2.24, 2.45) is 0 Å². The Kier molecular flexibility index (Phi) is 4.98. The average molecular weight is 276 g/mol. The van der Waals surface area contributed by atoms with Crippen molar-refractivity contribution in [1.29, 1.82) is 0 Å². The molecule has 0 bridgehead atoms. The monoisotopic (exact) mass is 275 g/mol. The first-order valence-electron chi connectivity index (χ1n) is 5.50. The van der Waals surface area contributed by atoms with E-state index in [9.17, 15) is 8.42 Å². The lowest BCUT2D eigenvalue weighted by Crippen LogP contribution is -2.38. The SMILES string of the molecule is CNC(C)C(C)S(=O)(=O)Cc1ccccc1Cl. The first-order chi connectivity index (χ1) is 7.88. The molecular weight excluding hydrogens is 258 g/mol. The van der Waals surface area contributed by atoms with Crippen LogP contribution in [0.5, 0.6) is 0 Å². The van der Waals surface area contributed by atoms with Crippen molar-refractivity contribution < 1.29 is 8.42 Å². The van der Waals surface area contributed by atoms with E-state index in [1.807, 2.05) is 6.92 Å². The van der Waals surface area contributed by atoms with Crippen LogP contribution in [0, 0.1) is 0 Å². The minimum Gasteiger partial charge on any atom is -0.316 e. The van der Waals surface area contributed by atoms with Gasteiger partial charge in [-0.15, -0.1) is 0 Å². The van der Waals surface area contributed by atoms with E-state index in [0.29, 0.717) is 10.6 Å². The third-order valence-corrected chi connectivity index (χ3v) is 5.66. The summed E-state index contributed by atoms with van der Waals surface area (Å²) >= 11 is 5.97. The van der Waals surface area contributed by atoms with Crippen molar-refractivity contribution in [2.75, 3.05) is 7.05 Å². The zero-order chi connectivity index (χ0) is 13.1. The Morgan fingerprint density at radius 2 is 1.88 bits per heavy atom. The van der Waals surface area contributed by atoms with Gasteiger partial charge < -0.3 is 5.32 Å². The van der Waals surface area contributed by atoms with Crippen LogP contribution in [0.4, 0.5) is 0 Å². The van der Waals surface area contributed by atoms with Crippen molar-refractivity contribution in [3.63, 3.8) is 0 Å². The summed E-state index contributed by atoms with van der Waals surface area (Å²) in [5.41, 5.74) is 0.657. The first-order valence-corrected chi connectivity index (χ1v) is 7.60. The van der Waals surface area contributed by atoms with Gasteiger partial charge in [-0.2, -0.15) is 0 Å². The van der Waals surface area contributed by atoms with Gasteiger partial charge in [0.1, 0.15) is 0 Å². The minimum absolute atomic E-state index is 0.0140. The van der Waals surface area contributed by atoms with Gasteiger partial charge in [-0.1, -0.05) is 29.8 Å². The fourth-order valence-corrected chi connectivity index (χ4v) is 3.50. The van der Waals surface area contributed by atoms with Gasteiger partial charge in [-0.05, 0) is 32.5 Å². The molecule has 1 aromatic carbocycles. The highest BCUT2D eigenvalue weighted by Crippen LogP contribution is 2.20. The molecule has 0 saturated carbocycles. The van der Waals surface area contributed by atoms with Gasteiger partial charge in [0.15, 0.2) is 9.84 Å². The molecule has 2 unspecified atom stereocenters. The highest BCUT2D eigenvalue weighted by Gasteiger charge is 2.26. The maximum atomic E-state index is 12.2. The van der Waals surface area contributed by atoms with E-state index in [2.05, 4.69) is 5.32 Å². The average Bonchev–Trinajstić information content (AvgIpc) is 2.30. The molecule has 0 aliphatic carbocycles. The third kappa shape index (κ3) is 3.69. The highest BCUT2D eigenvalue weighted by atomic mass is 35.5. The van der Waals surface area contributed by atoms with E-state index in [1.54, 1.807) is 38.2 Å². The lowest BCUT2D eigenvalue weighted by molar-refractivity contribution is 0.539. The molecule has 0 aliphatic heterocycles. The molecule has 0 amide bonds. The fourth-order valence-electron chi connectivity index (χ4n) is 1.51. The number of sulfone groups is 1. The summed E-state index contributed by atoms with van der Waals surface area (Å²) in [6.45, 7) is 3.57. The smallest absolute Gasteiger partial charge is 0.158 e. The Hall–Kier alpha value is -0.580. The number of benzene rings is 1. The molecule has 0 heterocycles. The van der Waals surface area contributed by atoms with E-state index >= 15 is 0 Å². The van der Waals surface area contributed by atoms with Crippen molar-refractivity contribution in [3.05, 3.63) is 34.9 Å². The maximum absolute atomic E-state index is 12.2. The van der Waals surface area contributed by atoms with Crippen LogP contribution in [-0.4, -0.2) is 26.8 Å². The molecule has 96 valence electrons. The summed E-state index contributed by atoms with van der Waals surface area (Å²) in [4.78, 5) is 0. The lowest BCUT2D eigenvalue weighted by Gasteiger charge is -2.19. The number of halogens is 1. The van der Waals surface area contributed by atoms with Crippen molar-refractivity contribution >= 4 is 21.4 Å². The van der Waals surface area contributed by atoms with Gasteiger partial charge >= 0.3 is 0 Å². The summed E-state index contributed by atoms with van der Waals surface area (Å²) in [6, 6.07) is 6.96. The number of hydrogen-bond acceptors (Lipinski definition) is 3. The Bertz CT molecular complexity index is 473. The molecule has 0 radical (unpaired) electrons. The van der Waals surface area contributed by atoms with Crippen LogP contribution in [0.25, 0.3) is 0 Å². The maximum Gasteiger partial charge on any atom is 0.158 e. The van der Waals surface area contributed by atoms with Gasteiger partial charge in [0.25, 0.3) is 0 Å². The predicted molar refractivity (Wildman–Crippen MR) is 72.1 cm³/mol. The molecule has 1 rings (SSSR count). The second-order valence-electron chi connectivity index (χ2n) is 4.18. The van der Waals surface area contributed by atoms with E-state index < -0.39 is 15.1 Å². The summed E-state index contributed by atoms with van der Waals surface area (Å²) in [5, 5.41) is 3.02. The summed E-state index contributed by atoms with van der Waals surface area (Å²) in [6.07, 6.45) is 0. The Morgan fingerprint density at radius 3 is 2.41 bits per heavy atom. The summed E-state index contributed by atoms with van der Waals surface area (Å²) < 4.78 is 24.3. The number of rotatable bonds is 5. The number of nitrogens with one attached hydrogen (secondary N) is 1. The predicted octanol–water partition coefficient (Wildman–Crippen LogP) is 2.25. The molecule has 0 spiro atoms. The number of hydrogen-bond donors (Lipinski definition) is 1. The molecule has 0 saturated heterocycles. The second kappa shape index (κ2) is 5.85. The van der Waals surface area contributed by atoms with Crippen LogP contribution in [0.2, 0.25) is 5.02 Å². The van der Waals surface area contributed by atoms with Gasteiger partial charge in [-0.3, -0.25) is 0 Å². The zero-order valence-corrected chi connectivity index (χ0v) is 11.8. The molecule has 1 aromatic rings. The van der Waals surface area contributed by atoms with E-state index in [4.69, 9.17) is 11.6 Å². The quantitative estimate of drug-likeness (QED) is 0.897. The second-order valence-corrected chi connectivity index (χ2v) is 6.95. The van der Waals surface area contributed by atoms with Crippen molar-refractivity contribution in [3.8, 4) is 0 Å². The molecule has 0 aliphatic rings. The summed E-state index contributed by atoms with van der Waals surface area (Å²) in [5.74, 6) is -0.0140. The molecule has 1 N–H and O–H groups in total. The Labute approximate surface area is 108 Å². The lowest BCUT2D eigenvalue weighted by atomic mass is 10.2. The van der Waals surface area contributed by atoms with Gasteiger partial charge in [0.05, 0.1) is 11.0 Å². The molecule has 0 fully saturated rings. The largest absolute Gasteiger partial charge is 0.316 e. The zero-order valence-electron chi connectivity index (χ0n) is 10.3. The Balaban J connectivity index is 2.91. The molecular formula is C12H18ClNO2S. The van der Waals surface area contributed by atoms with E-state index in [1.165, 1.54) is 0 Å². The highest BCUT2D eigenvalue weighted by molar-refractivity contribution is 7.91. The summed E-state index contributed by atoms with van der Waals surface area (Å²) in [7, 11) is -1.44. The topological polar surface area (TPSA) is 46.2 Å². The van der Waals surface area contributed by atoms with Crippen LogP contribution in [0.1, 0.15) is 19.4 Å². The van der Waals surface area contributed by atoms with Crippen LogP contribution >= 0.6 is 11.6 Å². The van der Waals surface area contributed by atoms with Crippen LogP contribution in [0.3, 0.4) is 0 Å². The minimum atomic E-state index is -3.19.